The van der Waals surface area contributed by atoms with Crippen molar-refractivity contribution in [3.63, 3.8) is 0 Å². The fourth-order valence-corrected chi connectivity index (χ4v) is 3.06. The summed E-state index contributed by atoms with van der Waals surface area (Å²) in [5, 5.41) is 0. The molecule has 2 atom stereocenters. The number of likely N-dealkylation sites (N-methyl/N-ethyl adjacent to an activating group) is 1. The number of methoxy groups -OCH3 is 1. The molecule has 2 aliphatic heterocycles. The van der Waals surface area contributed by atoms with Crippen LogP contribution >= 0.6 is 0 Å². The van der Waals surface area contributed by atoms with Crippen LogP contribution in [0.5, 0.6) is 6.01 Å². The molecule has 0 N–H and O–H groups in total. The molecule has 2 fully saturated rings. The van der Waals surface area contributed by atoms with E-state index < -0.39 is 0 Å². The van der Waals surface area contributed by atoms with Crippen LogP contribution in [-0.2, 0) is 11.3 Å². The Morgan fingerprint density at radius 2 is 2.05 bits per heavy atom. The van der Waals surface area contributed by atoms with Crippen LogP contribution in [0.15, 0.2) is 12.4 Å². The predicted molar refractivity (Wildman–Crippen MR) is 74.6 cm³/mol. The van der Waals surface area contributed by atoms with Gasteiger partial charge in [-0.25, -0.2) is 9.97 Å². The molecule has 3 rings (SSSR count). The third kappa shape index (κ3) is 3.08. The average molecular weight is 278 g/mol. The van der Waals surface area contributed by atoms with E-state index in [0.717, 1.165) is 45.0 Å². The van der Waals surface area contributed by atoms with E-state index in [2.05, 4.69) is 26.8 Å². The van der Waals surface area contributed by atoms with Crippen LogP contribution in [0.4, 0.5) is 0 Å². The highest BCUT2D eigenvalue weighted by molar-refractivity contribution is 5.07. The largest absolute Gasteiger partial charge is 0.467 e. The van der Waals surface area contributed by atoms with Gasteiger partial charge in [-0.1, -0.05) is 0 Å². The van der Waals surface area contributed by atoms with Gasteiger partial charge in [-0.15, -0.1) is 0 Å². The van der Waals surface area contributed by atoms with Crippen molar-refractivity contribution in [1.82, 2.24) is 19.8 Å². The molecule has 1 aromatic rings. The van der Waals surface area contributed by atoms with Crippen LogP contribution < -0.4 is 4.74 Å². The van der Waals surface area contributed by atoms with Crippen molar-refractivity contribution in [1.29, 1.82) is 0 Å². The maximum atomic E-state index is 5.75. The first kappa shape index (κ1) is 13.7. The van der Waals surface area contributed by atoms with Crippen molar-refractivity contribution < 1.29 is 9.47 Å². The van der Waals surface area contributed by atoms with Gasteiger partial charge in [-0.2, -0.15) is 0 Å². The fraction of sp³-hybridized carbons (Fsp3) is 0.714. The van der Waals surface area contributed by atoms with Crippen molar-refractivity contribution >= 4 is 0 Å². The van der Waals surface area contributed by atoms with Crippen LogP contribution in [0.1, 0.15) is 5.56 Å². The summed E-state index contributed by atoms with van der Waals surface area (Å²) in [6.45, 7) is 5.84. The molecule has 0 spiro atoms. The number of hydrogen-bond donors (Lipinski definition) is 0. The van der Waals surface area contributed by atoms with E-state index in [9.17, 15) is 0 Å². The predicted octanol–water partition coefficient (Wildman–Crippen LogP) is 0.248. The number of ether oxygens (including phenoxy) is 2. The first-order valence-electron chi connectivity index (χ1n) is 7.10. The van der Waals surface area contributed by atoms with Crippen LogP contribution in [0.3, 0.4) is 0 Å². The minimum Gasteiger partial charge on any atom is -0.467 e. The zero-order valence-corrected chi connectivity index (χ0v) is 12.2. The van der Waals surface area contributed by atoms with Gasteiger partial charge < -0.3 is 9.47 Å². The zero-order valence-electron chi connectivity index (χ0n) is 12.2. The van der Waals surface area contributed by atoms with Crippen LogP contribution in [0.2, 0.25) is 0 Å². The van der Waals surface area contributed by atoms with Crippen molar-refractivity contribution in [3.05, 3.63) is 18.0 Å². The van der Waals surface area contributed by atoms with E-state index in [1.807, 2.05) is 12.4 Å². The maximum absolute atomic E-state index is 5.75. The Labute approximate surface area is 119 Å². The number of hydrogen-bond acceptors (Lipinski definition) is 6. The molecule has 3 heterocycles. The summed E-state index contributed by atoms with van der Waals surface area (Å²) in [6, 6.07) is 0.913. The normalized spacial score (nSPS) is 28.1. The van der Waals surface area contributed by atoms with Gasteiger partial charge in [0.2, 0.25) is 0 Å². The second-order valence-corrected chi connectivity index (χ2v) is 5.77. The Hall–Kier alpha value is -1.24. The van der Waals surface area contributed by atoms with Crippen molar-refractivity contribution in [2.45, 2.75) is 12.6 Å². The molecular formula is C14H22N4O2. The Morgan fingerprint density at radius 1 is 1.25 bits per heavy atom. The minimum atomic E-state index is 0.426. The van der Waals surface area contributed by atoms with Crippen molar-refractivity contribution in [2.24, 2.45) is 5.92 Å². The SMILES string of the molecule is COc1ncc(CN2C[C@@H]3COC[C@H](C2)N(C)C3)cn1. The van der Waals surface area contributed by atoms with E-state index in [0.29, 0.717) is 18.0 Å². The van der Waals surface area contributed by atoms with E-state index in [4.69, 9.17) is 9.47 Å². The molecule has 2 saturated heterocycles. The molecule has 0 radical (unpaired) electrons. The van der Waals surface area contributed by atoms with Crippen molar-refractivity contribution in [2.75, 3.05) is 47.0 Å². The van der Waals surface area contributed by atoms with Gasteiger partial charge in [0.15, 0.2) is 0 Å². The number of aromatic nitrogens is 2. The lowest BCUT2D eigenvalue weighted by molar-refractivity contribution is 0.0515. The summed E-state index contributed by atoms with van der Waals surface area (Å²) >= 11 is 0. The Balaban J connectivity index is 1.67. The van der Waals surface area contributed by atoms with Gasteiger partial charge in [-0.05, 0) is 7.05 Å². The molecule has 110 valence electrons. The van der Waals surface area contributed by atoms with Gasteiger partial charge in [-0.3, -0.25) is 9.80 Å². The molecule has 2 bridgehead atoms. The number of fused-ring (bicyclic) bond motifs is 3. The molecule has 0 unspecified atom stereocenters. The lowest BCUT2D eigenvalue weighted by Gasteiger charge is -2.29. The topological polar surface area (TPSA) is 50.7 Å². The van der Waals surface area contributed by atoms with Gasteiger partial charge in [0.1, 0.15) is 0 Å². The Morgan fingerprint density at radius 3 is 2.80 bits per heavy atom. The van der Waals surface area contributed by atoms with Crippen LogP contribution in [0.25, 0.3) is 0 Å². The highest BCUT2D eigenvalue weighted by Gasteiger charge is 2.31. The quantitative estimate of drug-likeness (QED) is 0.790. The molecular weight excluding hydrogens is 256 g/mol. The smallest absolute Gasteiger partial charge is 0.316 e. The Bertz CT molecular complexity index is 439. The zero-order chi connectivity index (χ0) is 13.9. The molecule has 0 aliphatic carbocycles. The summed E-state index contributed by atoms with van der Waals surface area (Å²) in [7, 11) is 3.78. The lowest BCUT2D eigenvalue weighted by Crippen LogP contribution is -2.41. The summed E-state index contributed by atoms with van der Waals surface area (Å²) in [6.07, 6.45) is 3.71. The molecule has 1 aromatic heterocycles. The van der Waals surface area contributed by atoms with Gasteiger partial charge in [0, 0.05) is 56.1 Å². The second kappa shape index (κ2) is 6.03. The van der Waals surface area contributed by atoms with Crippen LogP contribution in [0, 0.1) is 5.92 Å². The monoisotopic (exact) mass is 278 g/mol. The number of nitrogens with zero attached hydrogens (tertiary/aromatic N) is 4. The number of rotatable bonds is 3. The molecule has 6 heteroatoms. The third-order valence-corrected chi connectivity index (χ3v) is 4.09. The minimum absolute atomic E-state index is 0.426. The third-order valence-electron chi connectivity index (χ3n) is 4.09. The molecule has 0 saturated carbocycles. The van der Waals surface area contributed by atoms with Gasteiger partial charge in [0.25, 0.3) is 0 Å². The van der Waals surface area contributed by atoms with Gasteiger partial charge >= 0.3 is 6.01 Å². The fourth-order valence-electron chi connectivity index (χ4n) is 3.06. The van der Waals surface area contributed by atoms with Crippen molar-refractivity contribution in [3.8, 4) is 6.01 Å². The summed E-state index contributed by atoms with van der Waals surface area (Å²) in [5.41, 5.74) is 1.13. The first-order valence-corrected chi connectivity index (χ1v) is 7.10. The lowest BCUT2D eigenvalue weighted by atomic mass is 10.1. The molecule has 20 heavy (non-hydrogen) atoms. The maximum Gasteiger partial charge on any atom is 0.316 e. The highest BCUT2D eigenvalue weighted by Crippen LogP contribution is 2.19. The van der Waals surface area contributed by atoms with E-state index in [-0.39, 0.29) is 0 Å². The van der Waals surface area contributed by atoms with E-state index in [1.54, 1.807) is 7.11 Å². The van der Waals surface area contributed by atoms with E-state index >= 15 is 0 Å². The molecule has 0 aromatic carbocycles. The summed E-state index contributed by atoms with van der Waals surface area (Å²) < 4.78 is 10.7. The summed E-state index contributed by atoms with van der Waals surface area (Å²) in [5.74, 6) is 0.590. The molecule has 0 amide bonds. The van der Waals surface area contributed by atoms with Crippen LogP contribution in [-0.4, -0.2) is 72.8 Å². The Kier molecular flexibility index (Phi) is 4.14. The summed E-state index contributed by atoms with van der Waals surface area (Å²) in [4.78, 5) is 13.3. The first-order chi connectivity index (χ1) is 9.74. The average Bonchev–Trinajstić information content (AvgIpc) is 2.68. The van der Waals surface area contributed by atoms with Gasteiger partial charge in [0.05, 0.1) is 20.3 Å². The standard InChI is InChI=1S/C14H22N4O2/c1-17-5-12-7-18(8-13(17)10-20-9-12)6-11-3-15-14(19-2)16-4-11/h3-4,12-13H,5-10H2,1-2H3/t12-,13+/m1/s1. The highest BCUT2D eigenvalue weighted by atomic mass is 16.5. The van der Waals surface area contributed by atoms with E-state index in [1.165, 1.54) is 0 Å². The second-order valence-electron chi connectivity index (χ2n) is 5.77. The molecule has 6 nitrogen and oxygen atoms in total. The molecule has 2 aliphatic rings.